The minimum Gasteiger partial charge on any atom is -0.332 e. The Morgan fingerprint density at radius 1 is 1.03 bits per heavy atom. The maximum atomic E-state index is 13.6. The molecule has 2 saturated heterocycles. The number of hydrogen-bond acceptors (Lipinski definition) is 5. The van der Waals surface area contributed by atoms with E-state index in [1.165, 1.54) is 20.9 Å². The lowest BCUT2D eigenvalue weighted by molar-refractivity contribution is -0.140. The standard InChI is InChI=1S/C23H22F3N5O4/c1-12-9-30-18(11-28(12)21(34)6-13-4-15(24)23(26)16(25)5-13)17(8-27-30)29-10-14(7-22(29)35)31-19(32)2-3-20(31)33/h4-5,8,12,14H,2-3,6-7,9-11H2,1H3/t12-,14?/m0/s1. The predicted octanol–water partition coefficient (Wildman–Crippen LogP) is 1.53. The number of carbonyl (C=O) groups is 4. The van der Waals surface area contributed by atoms with Gasteiger partial charge in [-0.1, -0.05) is 0 Å². The van der Waals surface area contributed by atoms with E-state index in [0.717, 1.165) is 12.1 Å². The molecular formula is C23H22F3N5O4. The third-order valence-electron chi connectivity index (χ3n) is 6.79. The number of nitrogens with zero attached hydrogens (tertiary/aromatic N) is 5. The van der Waals surface area contributed by atoms with Gasteiger partial charge in [0.1, 0.15) is 0 Å². The van der Waals surface area contributed by atoms with E-state index in [1.54, 1.807) is 11.6 Å². The lowest BCUT2D eigenvalue weighted by atomic mass is 10.1. The predicted molar refractivity (Wildman–Crippen MR) is 114 cm³/mol. The van der Waals surface area contributed by atoms with Crippen LogP contribution >= 0.6 is 0 Å². The molecule has 4 heterocycles. The Kier molecular flexibility index (Phi) is 5.60. The maximum absolute atomic E-state index is 13.6. The van der Waals surface area contributed by atoms with Crippen LogP contribution in [0.15, 0.2) is 18.3 Å². The molecular weight excluding hydrogens is 467 g/mol. The fraction of sp³-hybridized carbons (Fsp3) is 0.435. The molecule has 0 aliphatic carbocycles. The zero-order valence-electron chi connectivity index (χ0n) is 18.8. The second kappa shape index (κ2) is 8.51. The van der Waals surface area contributed by atoms with Crippen molar-refractivity contribution >= 4 is 29.3 Å². The summed E-state index contributed by atoms with van der Waals surface area (Å²) in [4.78, 5) is 54.2. The van der Waals surface area contributed by atoms with Crippen molar-refractivity contribution in [2.24, 2.45) is 0 Å². The van der Waals surface area contributed by atoms with Crippen LogP contribution in [0.3, 0.4) is 0 Å². The molecule has 3 aliphatic heterocycles. The lowest BCUT2D eigenvalue weighted by Gasteiger charge is -2.35. The summed E-state index contributed by atoms with van der Waals surface area (Å²) in [6.07, 6.45) is 1.50. The number of fused-ring (bicyclic) bond motifs is 1. The van der Waals surface area contributed by atoms with Gasteiger partial charge in [0.15, 0.2) is 17.5 Å². The zero-order valence-corrected chi connectivity index (χ0v) is 18.8. The van der Waals surface area contributed by atoms with Gasteiger partial charge in [0, 0.05) is 31.8 Å². The van der Waals surface area contributed by atoms with Crippen LogP contribution in [0.4, 0.5) is 18.9 Å². The van der Waals surface area contributed by atoms with Gasteiger partial charge in [0.05, 0.1) is 43.1 Å². The van der Waals surface area contributed by atoms with Gasteiger partial charge < -0.3 is 9.80 Å². The topological polar surface area (TPSA) is 95.8 Å². The first-order valence-electron chi connectivity index (χ1n) is 11.3. The maximum Gasteiger partial charge on any atom is 0.230 e. The molecule has 0 radical (unpaired) electrons. The smallest absolute Gasteiger partial charge is 0.230 e. The largest absolute Gasteiger partial charge is 0.332 e. The number of amides is 4. The van der Waals surface area contributed by atoms with E-state index in [4.69, 9.17) is 0 Å². The van der Waals surface area contributed by atoms with Crippen molar-refractivity contribution < 1.29 is 32.3 Å². The van der Waals surface area contributed by atoms with Crippen LogP contribution in [0.5, 0.6) is 0 Å². The van der Waals surface area contributed by atoms with Crippen molar-refractivity contribution in [2.45, 2.75) is 57.8 Å². The van der Waals surface area contributed by atoms with E-state index >= 15 is 0 Å². The first kappa shape index (κ1) is 23.1. The number of carbonyl (C=O) groups excluding carboxylic acids is 4. The fourth-order valence-electron chi connectivity index (χ4n) is 5.03. The summed E-state index contributed by atoms with van der Waals surface area (Å²) >= 11 is 0. The Labute approximate surface area is 198 Å². The molecule has 0 N–H and O–H groups in total. The highest BCUT2D eigenvalue weighted by atomic mass is 19.2. The Morgan fingerprint density at radius 3 is 2.34 bits per heavy atom. The van der Waals surface area contributed by atoms with Crippen LogP contribution in [0.1, 0.15) is 37.4 Å². The van der Waals surface area contributed by atoms with Gasteiger partial charge in [-0.05, 0) is 24.6 Å². The van der Waals surface area contributed by atoms with Gasteiger partial charge in [0.25, 0.3) is 0 Å². The Hall–Kier alpha value is -3.70. The number of aromatic nitrogens is 2. The quantitative estimate of drug-likeness (QED) is 0.480. The van der Waals surface area contributed by atoms with E-state index < -0.39 is 29.4 Å². The molecule has 1 unspecified atom stereocenters. The van der Waals surface area contributed by atoms with Crippen molar-refractivity contribution in [3.8, 4) is 0 Å². The van der Waals surface area contributed by atoms with Crippen LogP contribution in [-0.2, 0) is 38.7 Å². The number of halogens is 3. The number of likely N-dealkylation sites (tertiary alicyclic amines) is 1. The molecule has 9 nitrogen and oxygen atoms in total. The zero-order chi connectivity index (χ0) is 25.0. The molecule has 3 aliphatic rings. The summed E-state index contributed by atoms with van der Waals surface area (Å²) in [5.74, 6) is -5.56. The third-order valence-corrected chi connectivity index (χ3v) is 6.79. The van der Waals surface area contributed by atoms with E-state index in [2.05, 4.69) is 5.10 Å². The third kappa shape index (κ3) is 3.96. The molecule has 2 atom stereocenters. The van der Waals surface area contributed by atoms with Gasteiger partial charge in [0.2, 0.25) is 23.6 Å². The summed E-state index contributed by atoms with van der Waals surface area (Å²) in [5.41, 5.74) is 1.09. The number of anilines is 1. The molecule has 0 spiro atoms. The number of imide groups is 1. The second-order valence-corrected chi connectivity index (χ2v) is 9.10. The summed E-state index contributed by atoms with van der Waals surface area (Å²) < 4.78 is 42.1. The second-order valence-electron chi connectivity index (χ2n) is 9.10. The minimum atomic E-state index is -1.59. The molecule has 0 bridgehead atoms. The molecule has 0 saturated carbocycles. The number of rotatable bonds is 4. The normalized spacial score (nSPS) is 22.4. The SMILES string of the molecule is C[C@H]1Cn2ncc(N3CC(N4C(=O)CCC4=O)CC3=O)c2CN1C(=O)Cc1cc(F)c(F)c(F)c1. The monoisotopic (exact) mass is 489 g/mol. The molecule has 4 amide bonds. The molecule has 35 heavy (non-hydrogen) atoms. The first-order valence-corrected chi connectivity index (χ1v) is 11.3. The van der Waals surface area contributed by atoms with Crippen molar-refractivity contribution in [2.75, 3.05) is 11.4 Å². The lowest BCUT2D eigenvalue weighted by Crippen LogP contribution is -2.46. The molecule has 2 aromatic rings. The van der Waals surface area contributed by atoms with Crippen LogP contribution in [0.25, 0.3) is 0 Å². The summed E-state index contributed by atoms with van der Waals surface area (Å²) in [5, 5.41) is 4.35. The highest BCUT2D eigenvalue weighted by Gasteiger charge is 2.43. The molecule has 1 aromatic heterocycles. The summed E-state index contributed by atoms with van der Waals surface area (Å²) in [6, 6.07) is 0.749. The van der Waals surface area contributed by atoms with Crippen LogP contribution < -0.4 is 4.90 Å². The van der Waals surface area contributed by atoms with Crippen molar-refractivity contribution in [1.29, 1.82) is 0 Å². The van der Waals surface area contributed by atoms with Gasteiger partial charge in [-0.2, -0.15) is 5.10 Å². The van der Waals surface area contributed by atoms with E-state index in [-0.39, 0.29) is 68.1 Å². The van der Waals surface area contributed by atoms with Gasteiger partial charge in [-0.25, -0.2) is 13.2 Å². The molecule has 12 heteroatoms. The highest BCUT2D eigenvalue weighted by molar-refractivity contribution is 6.04. The summed E-state index contributed by atoms with van der Waals surface area (Å²) in [6.45, 7) is 2.38. The number of benzene rings is 1. The van der Waals surface area contributed by atoms with Crippen molar-refractivity contribution in [1.82, 2.24) is 19.6 Å². The number of hydrogen-bond donors (Lipinski definition) is 0. The average Bonchev–Trinajstić information content (AvgIpc) is 3.47. The van der Waals surface area contributed by atoms with E-state index in [1.807, 2.05) is 0 Å². The van der Waals surface area contributed by atoms with Crippen LogP contribution in [-0.4, -0.2) is 61.8 Å². The highest BCUT2D eigenvalue weighted by Crippen LogP contribution is 2.32. The average molecular weight is 489 g/mol. The van der Waals surface area contributed by atoms with E-state index in [0.29, 0.717) is 17.9 Å². The van der Waals surface area contributed by atoms with E-state index in [9.17, 15) is 32.3 Å². The van der Waals surface area contributed by atoms with Gasteiger partial charge in [-0.15, -0.1) is 0 Å². The van der Waals surface area contributed by atoms with Crippen LogP contribution in [0.2, 0.25) is 0 Å². The van der Waals surface area contributed by atoms with Gasteiger partial charge in [-0.3, -0.25) is 28.8 Å². The molecule has 184 valence electrons. The minimum absolute atomic E-state index is 0.00964. The molecule has 2 fully saturated rings. The van der Waals surface area contributed by atoms with Crippen molar-refractivity contribution in [3.05, 3.63) is 47.0 Å². The molecule has 1 aromatic carbocycles. The summed E-state index contributed by atoms with van der Waals surface area (Å²) in [7, 11) is 0. The Bertz CT molecular complexity index is 1220. The Morgan fingerprint density at radius 2 is 1.69 bits per heavy atom. The first-order chi connectivity index (χ1) is 16.6. The Balaban J connectivity index is 1.35. The fourth-order valence-corrected chi connectivity index (χ4v) is 5.03. The molecule has 5 rings (SSSR count). The van der Waals surface area contributed by atoms with Crippen LogP contribution in [0, 0.1) is 17.5 Å². The van der Waals surface area contributed by atoms with Gasteiger partial charge >= 0.3 is 0 Å². The van der Waals surface area contributed by atoms with Crippen molar-refractivity contribution in [3.63, 3.8) is 0 Å².